The van der Waals surface area contributed by atoms with E-state index in [1.54, 1.807) is 6.20 Å². The summed E-state index contributed by atoms with van der Waals surface area (Å²) >= 11 is 0. The van der Waals surface area contributed by atoms with Crippen LogP contribution < -0.4 is 10.6 Å². The van der Waals surface area contributed by atoms with Crippen molar-refractivity contribution in [2.24, 2.45) is 5.92 Å². The minimum atomic E-state index is 0. The number of hydrogen-bond donors (Lipinski definition) is 2. The second-order valence-corrected chi connectivity index (χ2v) is 5.65. The summed E-state index contributed by atoms with van der Waals surface area (Å²) in [5, 5.41) is 8.60. The Morgan fingerprint density at radius 3 is 2.87 bits per heavy atom. The first-order chi connectivity index (χ1) is 10.3. The number of nitrogens with one attached hydrogen (secondary N) is 2. The van der Waals surface area contributed by atoms with E-state index in [9.17, 15) is 4.79 Å². The van der Waals surface area contributed by atoms with Crippen molar-refractivity contribution in [2.45, 2.75) is 25.8 Å². The van der Waals surface area contributed by atoms with Crippen molar-refractivity contribution in [3.05, 3.63) is 42.2 Å². The van der Waals surface area contributed by atoms with E-state index in [1.807, 2.05) is 24.3 Å². The average Bonchev–Trinajstić information content (AvgIpc) is 3.04. The maximum absolute atomic E-state index is 11.9. The molecule has 1 unspecified atom stereocenters. The summed E-state index contributed by atoms with van der Waals surface area (Å²) in [4.78, 5) is 16.3. The van der Waals surface area contributed by atoms with Crippen molar-refractivity contribution >= 4 is 41.5 Å². The van der Waals surface area contributed by atoms with Gasteiger partial charge in [-0.2, -0.15) is 0 Å². The predicted molar refractivity (Wildman–Crippen MR) is 98.3 cm³/mol. The van der Waals surface area contributed by atoms with Gasteiger partial charge in [0.2, 0.25) is 5.91 Å². The van der Waals surface area contributed by atoms with Crippen LogP contribution in [0.3, 0.4) is 0 Å². The number of amides is 1. The molecule has 1 aliphatic rings. The van der Waals surface area contributed by atoms with Crippen molar-refractivity contribution in [1.82, 2.24) is 15.6 Å². The molecule has 1 aromatic carbocycles. The quantitative estimate of drug-likeness (QED) is 0.866. The summed E-state index contributed by atoms with van der Waals surface area (Å²) in [5.41, 5.74) is 0.934. The zero-order valence-corrected chi connectivity index (χ0v) is 14.6. The van der Waals surface area contributed by atoms with Gasteiger partial charge in [0.25, 0.3) is 0 Å². The molecule has 2 heterocycles. The smallest absolute Gasteiger partial charge is 0.220 e. The van der Waals surface area contributed by atoms with E-state index in [0.29, 0.717) is 18.9 Å². The Morgan fingerprint density at radius 1 is 1.26 bits per heavy atom. The molecule has 0 spiro atoms. The Balaban J connectivity index is 0.00000132. The van der Waals surface area contributed by atoms with Gasteiger partial charge in [0.05, 0.1) is 12.2 Å². The number of pyridine rings is 1. The predicted octanol–water partition coefficient (Wildman–Crippen LogP) is 3.08. The summed E-state index contributed by atoms with van der Waals surface area (Å²) < 4.78 is 0. The molecular weight excluding hydrogens is 333 g/mol. The van der Waals surface area contributed by atoms with E-state index in [0.717, 1.165) is 36.0 Å². The van der Waals surface area contributed by atoms with Gasteiger partial charge in [0.1, 0.15) is 0 Å². The van der Waals surface area contributed by atoms with E-state index in [1.165, 1.54) is 6.42 Å². The Labute approximate surface area is 149 Å². The van der Waals surface area contributed by atoms with Gasteiger partial charge in [-0.15, -0.1) is 24.8 Å². The third kappa shape index (κ3) is 5.34. The van der Waals surface area contributed by atoms with Gasteiger partial charge in [-0.1, -0.05) is 24.3 Å². The molecule has 3 rings (SSSR count). The monoisotopic (exact) mass is 355 g/mol. The molecule has 1 aromatic heterocycles. The summed E-state index contributed by atoms with van der Waals surface area (Å²) in [6.45, 7) is 2.65. The maximum Gasteiger partial charge on any atom is 0.220 e. The number of nitrogens with zero attached hydrogens (tertiary/aromatic N) is 1. The maximum atomic E-state index is 11.9. The van der Waals surface area contributed by atoms with Crippen LogP contribution in [-0.2, 0) is 11.3 Å². The first-order valence-electron chi connectivity index (χ1n) is 7.63. The fraction of sp³-hybridized carbons (Fsp3) is 0.412. The lowest BCUT2D eigenvalue weighted by Gasteiger charge is -2.09. The lowest BCUT2D eigenvalue weighted by Crippen LogP contribution is -2.24. The number of carbonyl (C=O) groups excluding carboxylic acids is 1. The first kappa shape index (κ1) is 19.7. The Morgan fingerprint density at radius 2 is 2.09 bits per heavy atom. The van der Waals surface area contributed by atoms with Crippen LogP contribution in [0.25, 0.3) is 10.8 Å². The molecule has 1 saturated heterocycles. The number of fused-ring (bicyclic) bond motifs is 1. The highest BCUT2D eigenvalue weighted by atomic mass is 35.5. The van der Waals surface area contributed by atoms with Crippen LogP contribution in [0.5, 0.6) is 0 Å². The minimum Gasteiger partial charge on any atom is -0.350 e. The molecule has 2 aromatic rings. The molecule has 126 valence electrons. The topological polar surface area (TPSA) is 54.0 Å². The van der Waals surface area contributed by atoms with Crippen LogP contribution in [0, 0.1) is 5.92 Å². The van der Waals surface area contributed by atoms with E-state index in [-0.39, 0.29) is 30.7 Å². The highest BCUT2D eigenvalue weighted by Gasteiger charge is 2.15. The normalized spacial score (nSPS) is 16.4. The molecule has 6 heteroatoms. The van der Waals surface area contributed by atoms with E-state index < -0.39 is 0 Å². The molecule has 23 heavy (non-hydrogen) atoms. The zero-order valence-electron chi connectivity index (χ0n) is 13.0. The van der Waals surface area contributed by atoms with Gasteiger partial charge in [-0.05, 0) is 43.3 Å². The van der Waals surface area contributed by atoms with Crippen molar-refractivity contribution in [2.75, 3.05) is 13.1 Å². The second-order valence-electron chi connectivity index (χ2n) is 5.65. The number of rotatable bonds is 5. The van der Waals surface area contributed by atoms with Crippen molar-refractivity contribution < 1.29 is 4.79 Å². The number of benzene rings is 1. The molecule has 1 atom stereocenters. The highest BCUT2D eigenvalue weighted by molar-refractivity contribution is 5.86. The van der Waals surface area contributed by atoms with Crippen LogP contribution in [0.2, 0.25) is 0 Å². The Bertz CT molecular complexity index is 625. The van der Waals surface area contributed by atoms with Crippen LogP contribution in [0.1, 0.15) is 25.0 Å². The van der Waals surface area contributed by atoms with Gasteiger partial charge >= 0.3 is 0 Å². The summed E-state index contributed by atoms with van der Waals surface area (Å²) in [5.74, 6) is 0.781. The van der Waals surface area contributed by atoms with E-state index >= 15 is 0 Å². The standard InChI is InChI=1S/C17H21N3O.2ClH/c21-17(6-5-13-7-9-18-11-13)20-12-16-15-4-2-1-3-14(15)8-10-19-16;;/h1-4,8,10,13,18H,5-7,9,11-12H2,(H,20,21);2*1H. The zero-order chi connectivity index (χ0) is 14.5. The van der Waals surface area contributed by atoms with Gasteiger partial charge in [0.15, 0.2) is 0 Å². The third-order valence-corrected chi connectivity index (χ3v) is 4.15. The van der Waals surface area contributed by atoms with Crippen LogP contribution in [0.15, 0.2) is 36.5 Å². The SMILES string of the molecule is Cl.Cl.O=C(CCC1CCNC1)NCc1nccc2ccccc12. The molecule has 0 radical (unpaired) electrons. The second kappa shape index (κ2) is 9.71. The molecule has 0 aliphatic carbocycles. The number of carbonyl (C=O) groups is 1. The average molecular weight is 356 g/mol. The highest BCUT2D eigenvalue weighted by Crippen LogP contribution is 2.16. The fourth-order valence-electron chi connectivity index (χ4n) is 2.89. The van der Waals surface area contributed by atoms with Crippen molar-refractivity contribution in [3.8, 4) is 0 Å². The van der Waals surface area contributed by atoms with E-state index in [4.69, 9.17) is 0 Å². The summed E-state index contributed by atoms with van der Waals surface area (Å²) in [6.07, 6.45) is 4.57. The molecular formula is C17H23Cl2N3O. The molecule has 4 nitrogen and oxygen atoms in total. The fourth-order valence-corrected chi connectivity index (χ4v) is 2.89. The van der Waals surface area contributed by atoms with Gasteiger partial charge in [-0.25, -0.2) is 0 Å². The number of aromatic nitrogens is 1. The van der Waals surface area contributed by atoms with Crippen LogP contribution in [-0.4, -0.2) is 24.0 Å². The molecule has 0 bridgehead atoms. The lowest BCUT2D eigenvalue weighted by atomic mass is 10.0. The van der Waals surface area contributed by atoms with Crippen LogP contribution in [0.4, 0.5) is 0 Å². The van der Waals surface area contributed by atoms with Gasteiger partial charge in [-0.3, -0.25) is 9.78 Å². The molecule has 2 N–H and O–H groups in total. The largest absolute Gasteiger partial charge is 0.350 e. The molecule has 1 fully saturated rings. The molecule has 1 aliphatic heterocycles. The molecule has 1 amide bonds. The number of hydrogen-bond acceptors (Lipinski definition) is 3. The van der Waals surface area contributed by atoms with Gasteiger partial charge in [0, 0.05) is 18.0 Å². The van der Waals surface area contributed by atoms with Crippen LogP contribution >= 0.6 is 24.8 Å². The minimum absolute atomic E-state index is 0. The third-order valence-electron chi connectivity index (χ3n) is 4.15. The van der Waals surface area contributed by atoms with E-state index in [2.05, 4.69) is 21.7 Å². The lowest BCUT2D eigenvalue weighted by molar-refractivity contribution is -0.121. The van der Waals surface area contributed by atoms with Crippen molar-refractivity contribution in [3.63, 3.8) is 0 Å². The Kier molecular flexibility index (Phi) is 8.31. The van der Waals surface area contributed by atoms with Crippen molar-refractivity contribution in [1.29, 1.82) is 0 Å². The number of halogens is 2. The first-order valence-corrected chi connectivity index (χ1v) is 7.63. The Hall–Kier alpha value is -1.36. The molecule has 0 saturated carbocycles. The summed E-state index contributed by atoms with van der Waals surface area (Å²) in [7, 11) is 0. The summed E-state index contributed by atoms with van der Waals surface area (Å²) in [6, 6.07) is 10.1. The van der Waals surface area contributed by atoms with Gasteiger partial charge < -0.3 is 10.6 Å².